The molecular weight excluding hydrogens is 640 g/mol. The lowest BCUT2D eigenvalue weighted by Gasteiger charge is -2.17. The molecule has 0 aliphatic carbocycles. The van der Waals surface area contributed by atoms with Crippen molar-refractivity contribution in [2.75, 3.05) is 11.9 Å². The third-order valence-corrected chi connectivity index (χ3v) is 7.17. The number of allylic oxidation sites excluding steroid dienone is 1. The number of hydrogen-bond donors (Lipinski definition) is 5. The van der Waals surface area contributed by atoms with Crippen LogP contribution in [0.4, 0.5) is 32.2 Å². The van der Waals surface area contributed by atoms with Gasteiger partial charge < -0.3 is 20.6 Å². The van der Waals surface area contributed by atoms with E-state index in [1.54, 1.807) is 24.3 Å². The Balaban J connectivity index is 0.000000601. The van der Waals surface area contributed by atoms with Gasteiger partial charge in [0.15, 0.2) is 0 Å². The molecule has 45 heavy (non-hydrogen) atoms. The molecule has 1 atom stereocenters. The van der Waals surface area contributed by atoms with Crippen LogP contribution in [0.2, 0.25) is 0 Å². The maximum Gasteiger partial charge on any atom is 0.490 e. The Morgan fingerprint density at radius 2 is 1.49 bits per heavy atom. The summed E-state index contributed by atoms with van der Waals surface area (Å²) in [7, 11) is -3.87. The van der Waals surface area contributed by atoms with Crippen molar-refractivity contribution in [3.63, 3.8) is 0 Å². The van der Waals surface area contributed by atoms with Crippen LogP contribution in [0.3, 0.4) is 0 Å². The molecule has 0 bridgehead atoms. The summed E-state index contributed by atoms with van der Waals surface area (Å²) in [6.45, 7) is 0.979. The molecule has 2 heterocycles. The Labute approximate surface area is 254 Å². The second-order valence-electron chi connectivity index (χ2n) is 9.22. The maximum atomic E-state index is 12.3. The number of carboxylic acids is 3. The quantitative estimate of drug-likeness (QED) is 0.126. The highest BCUT2D eigenvalue weighted by atomic mass is 32.2. The van der Waals surface area contributed by atoms with Crippen molar-refractivity contribution in [3.05, 3.63) is 65.9 Å². The SMILES string of the molecule is O=C(O)C(C/C=C/CCCCc1ccc2c(n1)NCCC2)NS(=O)(=O)c1ccccc1.O=C(O)C(F)(F)F.O=C(O)C(F)(F)F. The third kappa shape index (κ3) is 15.4. The number of unbranched alkanes of at least 4 members (excludes halogenated alkanes) is 2. The van der Waals surface area contributed by atoms with Gasteiger partial charge in [-0.15, -0.1) is 0 Å². The summed E-state index contributed by atoms with van der Waals surface area (Å²) in [4.78, 5) is 34.0. The first kappa shape index (κ1) is 38.8. The average Bonchev–Trinajstić information content (AvgIpc) is 2.96. The number of nitrogens with zero attached hydrogens (tertiary/aromatic N) is 1. The second-order valence-corrected chi connectivity index (χ2v) is 10.9. The van der Waals surface area contributed by atoms with Gasteiger partial charge in [-0.05, 0) is 68.7 Å². The minimum Gasteiger partial charge on any atom is -0.480 e. The van der Waals surface area contributed by atoms with Crippen LogP contribution < -0.4 is 10.0 Å². The van der Waals surface area contributed by atoms with E-state index in [9.17, 15) is 44.7 Å². The van der Waals surface area contributed by atoms with Gasteiger partial charge >= 0.3 is 30.3 Å². The molecule has 1 aliphatic heterocycles. The van der Waals surface area contributed by atoms with Crippen molar-refractivity contribution in [1.82, 2.24) is 9.71 Å². The monoisotopic (exact) mass is 671 g/mol. The van der Waals surface area contributed by atoms with Gasteiger partial charge in [0.1, 0.15) is 11.9 Å². The Kier molecular flexibility index (Phi) is 15.5. The number of halogens is 6. The highest BCUT2D eigenvalue weighted by molar-refractivity contribution is 7.89. The number of alkyl halides is 6. The first-order chi connectivity index (χ1) is 20.8. The number of carboxylic acid groups (broad SMARTS) is 3. The first-order valence-corrected chi connectivity index (χ1v) is 14.6. The minimum absolute atomic E-state index is 0.0521. The Morgan fingerprint density at radius 3 is 2.02 bits per heavy atom. The number of aromatic nitrogens is 1. The van der Waals surface area contributed by atoms with Crippen molar-refractivity contribution in [2.24, 2.45) is 0 Å². The average molecular weight is 672 g/mol. The zero-order chi connectivity index (χ0) is 34.3. The lowest BCUT2D eigenvalue weighted by Crippen LogP contribution is -2.40. The largest absolute Gasteiger partial charge is 0.490 e. The summed E-state index contributed by atoms with van der Waals surface area (Å²) < 4.78 is 90.4. The van der Waals surface area contributed by atoms with Gasteiger partial charge in [0.25, 0.3) is 0 Å². The number of benzene rings is 1. The van der Waals surface area contributed by atoms with Crippen LogP contribution in [0.15, 0.2) is 59.5 Å². The molecule has 0 radical (unpaired) electrons. The summed E-state index contributed by atoms with van der Waals surface area (Å²) in [5.74, 6) is -5.70. The van der Waals surface area contributed by atoms with Crippen LogP contribution in [0.5, 0.6) is 0 Å². The summed E-state index contributed by atoms with van der Waals surface area (Å²) >= 11 is 0. The molecule has 0 saturated carbocycles. The van der Waals surface area contributed by atoms with Gasteiger partial charge in [0.2, 0.25) is 10.0 Å². The van der Waals surface area contributed by atoms with Crippen molar-refractivity contribution < 1.29 is 64.5 Å². The van der Waals surface area contributed by atoms with Crippen LogP contribution in [-0.4, -0.2) is 71.6 Å². The summed E-state index contributed by atoms with van der Waals surface area (Å²) in [5.41, 5.74) is 2.37. The fraction of sp³-hybridized carbons (Fsp3) is 0.407. The Hall–Kier alpha value is -4.19. The van der Waals surface area contributed by atoms with Gasteiger partial charge in [-0.3, -0.25) is 4.79 Å². The number of anilines is 1. The number of nitrogens with one attached hydrogen (secondary N) is 2. The topological polar surface area (TPSA) is 183 Å². The van der Waals surface area contributed by atoms with Gasteiger partial charge in [0.05, 0.1) is 4.90 Å². The number of rotatable bonds is 11. The van der Waals surface area contributed by atoms with Crippen LogP contribution in [0.25, 0.3) is 0 Å². The molecule has 11 nitrogen and oxygen atoms in total. The van der Waals surface area contributed by atoms with Crippen molar-refractivity contribution in [2.45, 2.75) is 68.2 Å². The van der Waals surface area contributed by atoms with Crippen molar-refractivity contribution >= 4 is 33.7 Å². The number of hydrogen-bond acceptors (Lipinski definition) is 7. The predicted octanol–water partition coefficient (Wildman–Crippen LogP) is 4.80. The molecule has 3 rings (SSSR count). The third-order valence-electron chi connectivity index (χ3n) is 5.68. The minimum atomic E-state index is -5.08. The molecular formula is C27H31F6N3O8S. The van der Waals surface area contributed by atoms with Crippen LogP contribution in [-0.2, 0) is 37.2 Å². The highest BCUT2D eigenvalue weighted by Crippen LogP contribution is 2.20. The number of carbonyl (C=O) groups is 3. The van der Waals surface area contributed by atoms with E-state index in [4.69, 9.17) is 19.8 Å². The van der Waals surface area contributed by atoms with E-state index in [-0.39, 0.29) is 11.3 Å². The molecule has 0 spiro atoms. The standard InChI is InChI=1S/C23H29N3O4S.2C2HF3O2/c27-23(28)21(26-31(29,30)20-12-6-4-7-13-20)14-8-3-1-2-5-11-19-16-15-18-10-9-17-24-22(18)25-19;2*3-2(4,5)1(6)7/h3-4,6-8,12-13,15-16,21,26H,1-2,5,9-11,14,17H2,(H,24,25)(H,27,28);2*(H,6,7)/b8-3+;;. The number of aliphatic carboxylic acids is 3. The van der Waals surface area contributed by atoms with Gasteiger partial charge in [-0.2, -0.15) is 31.1 Å². The lowest BCUT2D eigenvalue weighted by molar-refractivity contribution is -0.193. The van der Waals surface area contributed by atoms with E-state index in [1.165, 1.54) is 17.7 Å². The molecule has 0 saturated heterocycles. The second kappa shape index (κ2) is 17.9. The van der Waals surface area contributed by atoms with Gasteiger partial charge in [-0.1, -0.05) is 36.4 Å². The summed E-state index contributed by atoms with van der Waals surface area (Å²) in [6, 6.07) is 10.8. The molecule has 2 aromatic rings. The van der Waals surface area contributed by atoms with Gasteiger partial charge in [0, 0.05) is 12.2 Å². The van der Waals surface area contributed by atoms with E-state index in [0.29, 0.717) is 0 Å². The fourth-order valence-corrected chi connectivity index (χ4v) is 4.70. The molecule has 1 unspecified atom stereocenters. The molecule has 1 aromatic carbocycles. The van der Waals surface area contributed by atoms with E-state index in [2.05, 4.69) is 27.2 Å². The molecule has 1 aliphatic rings. The van der Waals surface area contributed by atoms with E-state index in [1.807, 2.05) is 6.08 Å². The van der Waals surface area contributed by atoms with Gasteiger partial charge in [-0.25, -0.2) is 23.0 Å². The summed E-state index contributed by atoms with van der Waals surface area (Å²) in [6.07, 6.45) is -0.550. The highest BCUT2D eigenvalue weighted by Gasteiger charge is 2.38. The molecule has 18 heteroatoms. The number of sulfonamides is 1. The molecule has 250 valence electrons. The fourth-order valence-electron chi connectivity index (χ4n) is 3.48. The van der Waals surface area contributed by atoms with Crippen LogP contribution >= 0.6 is 0 Å². The van der Waals surface area contributed by atoms with Crippen LogP contribution in [0.1, 0.15) is 43.4 Å². The smallest absolute Gasteiger partial charge is 0.480 e. The lowest BCUT2D eigenvalue weighted by atomic mass is 10.1. The van der Waals surface area contributed by atoms with E-state index >= 15 is 0 Å². The molecule has 0 fully saturated rings. The first-order valence-electron chi connectivity index (χ1n) is 13.1. The molecule has 5 N–H and O–H groups in total. The zero-order valence-corrected chi connectivity index (χ0v) is 24.3. The van der Waals surface area contributed by atoms with E-state index in [0.717, 1.165) is 56.6 Å². The van der Waals surface area contributed by atoms with Crippen molar-refractivity contribution in [3.8, 4) is 0 Å². The Bertz CT molecular complexity index is 1380. The normalized spacial score (nSPS) is 13.6. The maximum absolute atomic E-state index is 12.3. The number of pyridine rings is 1. The van der Waals surface area contributed by atoms with Crippen LogP contribution in [0, 0.1) is 0 Å². The van der Waals surface area contributed by atoms with E-state index < -0.39 is 46.3 Å². The number of aryl methyl sites for hydroxylation is 2. The predicted molar refractivity (Wildman–Crippen MR) is 148 cm³/mol. The number of fused-ring (bicyclic) bond motifs is 1. The summed E-state index contributed by atoms with van der Waals surface area (Å²) in [5, 5.41) is 27.0. The molecule has 1 aromatic heterocycles. The Morgan fingerprint density at radius 1 is 0.911 bits per heavy atom. The molecule has 0 amide bonds. The zero-order valence-electron chi connectivity index (χ0n) is 23.4. The van der Waals surface area contributed by atoms with Crippen molar-refractivity contribution in [1.29, 1.82) is 0 Å².